The van der Waals surface area contributed by atoms with Crippen molar-refractivity contribution in [1.29, 1.82) is 0 Å². The lowest BCUT2D eigenvalue weighted by atomic mass is 9.83. The summed E-state index contributed by atoms with van der Waals surface area (Å²) in [5.41, 5.74) is 6.34. The largest absolute Gasteiger partial charge is 0.384 e. The van der Waals surface area contributed by atoms with Crippen molar-refractivity contribution in [2.75, 3.05) is 12.3 Å². The van der Waals surface area contributed by atoms with Gasteiger partial charge in [-0.25, -0.2) is 4.98 Å². The molecule has 1 aromatic rings. The Labute approximate surface area is 118 Å². The van der Waals surface area contributed by atoms with Gasteiger partial charge in [0.05, 0.1) is 0 Å². The Morgan fingerprint density at radius 1 is 1.47 bits per heavy atom. The number of nitrogen functional groups attached to an aromatic ring is 1. The van der Waals surface area contributed by atoms with E-state index in [4.69, 9.17) is 17.3 Å². The number of halogens is 1. The highest BCUT2D eigenvalue weighted by Crippen LogP contribution is 2.40. The summed E-state index contributed by atoms with van der Waals surface area (Å²) in [5.74, 6) is 0.138. The standard InChI is InChI=1S/C14H20ClN3O/c1-2-14(5-3-4-6-14)9-17-13(19)10-7-11(15)18-12(16)8-10/h7-8H,2-6,9H2,1H3,(H2,16,18)(H,17,19). The average molecular weight is 282 g/mol. The molecule has 4 nitrogen and oxygen atoms in total. The third-order valence-electron chi connectivity index (χ3n) is 4.11. The zero-order valence-electron chi connectivity index (χ0n) is 11.2. The molecule has 1 saturated carbocycles. The predicted octanol–water partition coefficient (Wildman–Crippen LogP) is 3.02. The maximum Gasteiger partial charge on any atom is 0.251 e. The van der Waals surface area contributed by atoms with E-state index >= 15 is 0 Å². The molecule has 0 aromatic carbocycles. The van der Waals surface area contributed by atoms with E-state index in [-0.39, 0.29) is 22.3 Å². The summed E-state index contributed by atoms with van der Waals surface area (Å²) in [6.07, 6.45) is 6.02. The summed E-state index contributed by atoms with van der Waals surface area (Å²) in [6, 6.07) is 3.09. The van der Waals surface area contributed by atoms with Gasteiger partial charge in [0.2, 0.25) is 0 Å². The molecule has 0 saturated heterocycles. The van der Waals surface area contributed by atoms with E-state index in [1.54, 1.807) is 12.1 Å². The van der Waals surface area contributed by atoms with Crippen molar-refractivity contribution in [3.63, 3.8) is 0 Å². The molecule has 1 aromatic heterocycles. The molecule has 1 aliphatic carbocycles. The molecular weight excluding hydrogens is 262 g/mol. The van der Waals surface area contributed by atoms with Crippen molar-refractivity contribution in [2.24, 2.45) is 5.41 Å². The van der Waals surface area contributed by atoms with Crippen LogP contribution in [0.3, 0.4) is 0 Å². The van der Waals surface area contributed by atoms with E-state index in [0.717, 1.165) is 13.0 Å². The number of pyridine rings is 1. The van der Waals surface area contributed by atoms with Crippen LogP contribution in [0.1, 0.15) is 49.4 Å². The van der Waals surface area contributed by atoms with Gasteiger partial charge in [0.1, 0.15) is 11.0 Å². The van der Waals surface area contributed by atoms with E-state index in [9.17, 15) is 4.79 Å². The molecular formula is C14H20ClN3O. The summed E-state index contributed by atoms with van der Waals surface area (Å²) in [4.78, 5) is 16.0. The van der Waals surface area contributed by atoms with Crippen molar-refractivity contribution in [3.05, 3.63) is 22.8 Å². The number of anilines is 1. The molecule has 1 amide bonds. The highest BCUT2D eigenvalue weighted by molar-refractivity contribution is 6.29. The van der Waals surface area contributed by atoms with Gasteiger partial charge < -0.3 is 11.1 Å². The van der Waals surface area contributed by atoms with E-state index < -0.39 is 0 Å². The predicted molar refractivity (Wildman–Crippen MR) is 77.2 cm³/mol. The van der Waals surface area contributed by atoms with Gasteiger partial charge in [-0.3, -0.25) is 4.79 Å². The monoisotopic (exact) mass is 281 g/mol. The number of amides is 1. The number of carbonyl (C=O) groups is 1. The first kappa shape index (κ1) is 14.1. The van der Waals surface area contributed by atoms with Gasteiger partial charge >= 0.3 is 0 Å². The number of hydrogen-bond acceptors (Lipinski definition) is 3. The fraction of sp³-hybridized carbons (Fsp3) is 0.571. The van der Waals surface area contributed by atoms with Crippen molar-refractivity contribution in [1.82, 2.24) is 10.3 Å². The highest BCUT2D eigenvalue weighted by atomic mass is 35.5. The summed E-state index contributed by atoms with van der Waals surface area (Å²) in [6.45, 7) is 2.92. The van der Waals surface area contributed by atoms with Gasteiger partial charge in [-0.2, -0.15) is 0 Å². The van der Waals surface area contributed by atoms with Gasteiger partial charge in [-0.05, 0) is 36.8 Å². The lowest BCUT2D eigenvalue weighted by Crippen LogP contribution is -2.35. The summed E-state index contributed by atoms with van der Waals surface area (Å²) >= 11 is 5.81. The molecule has 1 heterocycles. The fourth-order valence-electron chi connectivity index (χ4n) is 2.80. The Balaban J connectivity index is 2.01. The normalized spacial score (nSPS) is 17.4. The van der Waals surface area contributed by atoms with Crippen LogP contribution >= 0.6 is 11.6 Å². The Morgan fingerprint density at radius 2 is 2.16 bits per heavy atom. The molecule has 3 N–H and O–H groups in total. The van der Waals surface area contributed by atoms with Crippen LogP contribution in [0, 0.1) is 5.41 Å². The lowest BCUT2D eigenvalue weighted by Gasteiger charge is -2.27. The molecule has 104 valence electrons. The molecule has 0 bridgehead atoms. The molecule has 1 aliphatic rings. The second-order valence-electron chi connectivity index (χ2n) is 5.35. The minimum Gasteiger partial charge on any atom is -0.384 e. The Morgan fingerprint density at radius 3 is 2.74 bits per heavy atom. The average Bonchev–Trinajstić information content (AvgIpc) is 2.84. The second-order valence-corrected chi connectivity index (χ2v) is 5.73. The zero-order chi connectivity index (χ0) is 13.9. The molecule has 1 fully saturated rings. The van der Waals surface area contributed by atoms with Crippen LogP contribution in [-0.2, 0) is 0 Å². The van der Waals surface area contributed by atoms with E-state index in [1.807, 2.05) is 0 Å². The van der Waals surface area contributed by atoms with Crippen LogP contribution in [0.5, 0.6) is 0 Å². The number of carbonyl (C=O) groups excluding carboxylic acids is 1. The van der Waals surface area contributed by atoms with E-state index in [1.165, 1.54) is 25.7 Å². The van der Waals surface area contributed by atoms with Gasteiger partial charge in [-0.15, -0.1) is 0 Å². The van der Waals surface area contributed by atoms with Gasteiger partial charge in [0.15, 0.2) is 0 Å². The van der Waals surface area contributed by atoms with Crippen molar-refractivity contribution in [2.45, 2.75) is 39.0 Å². The summed E-state index contributed by atoms with van der Waals surface area (Å²) < 4.78 is 0. The zero-order valence-corrected chi connectivity index (χ0v) is 12.0. The SMILES string of the molecule is CCC1(CNC(=O)c2cc(N)nc(Cl)c2)CCCC1. The second kappa shape index (κ2) is 5.78. The summed E-state index contributed by atoms with van der Waals surface area (Å²) in [7, 11) is 0. The molecule has 2 rings (SSSR count). The quantitative estimate of drug-likeness (QED) is 0.834. The van der Waals surface area contributed by atoms with Gasteiger partial charge in [0, 0.05) is 12.1 Å². The number of nitrogens with two attached hydrogens (primary N) is 1. The minimum atomic E-state index is -0.129. The molecule has 0 aliphatic heterocycles. The molecule has 5 heteroatoms. The van der Waals surface area contributed by atoms with Crippen molar-refractivity contribution >= 4 is 23.3 Å². The minimum absolute atomic E-state index is 0.129. The van der Waals surface area contributed by atoms with Crippen LogP contribution in [0.4, 0.5) is 5.82 Å². The molecule has 19 heavy (non-hydrogen) atoms. The molecule has 0 atom stereocenters. The van der Waals surface area contributed by atoms with Crippen molar-refractivity contribution < 1.29 is 4.79 Å². The third-order valence-corrected chi connectivity index (χ3v) is 4.31. The maximum atomic E-state index is 12.1. The van der Waals surface area contributed by atoms with Crippen LogP contribution in [0.2, 0.25) is 5.15 Å². The smallest absolute Gasteiger partial charge is 0.251 e. The van der Waals surface area contributed by atoms with E-state index in [0.29, 0.717) is 5.56 Å². The third kappa shape index (κ3) is 3.38. The van der Waals surface area contributed by atoms with Gasteiger partial charge in [0.25, 0.3) is 5.91 Å². The first-order valence-electron chi connectivity index (χ1n) is 6.76. The topological polar surface area (TPSA) is 68.0 Å². The van der Waals surface area contributed by atoms with E-state index in [2.05, 4.69) is 17.2 Å². The first-order chi connectivity index (χ1) is 9.04. The van der Waals surface area contributed by atoms with Crippen molar-refractivity contribution in [3.8, 4) is 0 Å². The number of rotatable bonds is 4. The molecule has 0 spiro atoms. The number of nitrogens with one attached hydrogen (secondary N) is 1. The van der Waals surface area contributed by atoms with Crippen LogP contribution in [0.15, 0.2) is 12.1 Å². The summed E-state index contributed by atoms with van der Waals surface area (Å²) in [5, 5.41) is 3.25. The molecule has 0 radical (unpaired) electrons. The Hall–Kier alpha value is -1.29. The Kier molecular flexibility index (Phi) is 4.30. The lowest BCUT2D eigenvalue weighted by molar-refractivity contribution is 0.0928. The number of nitrogens with zero attached hydrogens (tertiary/aromatic N) is 1. The number of aromatic nitrogens is 1. The first-order valence-corrected chi connectivity index (χ1v) is 7.14. The Bertz CT molecular complexity index is 450. The van der Waals surface area contributed by atoms with Gasteiger partial charge in [-0.1, -0.05) is 31.4 Å². The fourth-order valence-corrected chi connectivity index (χ4v) is 3.01. The molecule has 0 unspecified atom stereocenters. The highest BCUT2D eigenvalue weighted by Gasteiger charge is 2.32. The van der Waals surface area contributed by atoms with Crippen LogP contribution in [-0.4, -0.2) is 17.4 Å². The maximum absolute atomic E-state index is 12.1. The number of hydrogen-bond donors (Lipinski definition) is 2. The van der Waals surface area contributed by atoms with Crippen LogP contribution < -0.4 is 11.1 Å². The van der Waals surface area contributed by atoms with Crippen LogP contribution in [0.25, 0.3) is 0 Å².